The summed E-state index contributed by atoms with van der Waals surface area (Å²) in [6, 6.07) is 5.45. The fourth-order valence-electron chi connectivity index (χ4n) is 2.43. The van der Waals surface area contributed by atoms with Crippen LogP contribution < -0.4 is 4.74 Å². The highest BCUT2D eigenvalue weighted by Gasteiger charge is 2.36. The van der Waals surface area contributed by atoms with Crippen molar-refractivity contribution in [1.29, 1.82) is 0 Å². The van der Waals surface area contributed by atoms with Gasteiger partial charge in [0.05, 0.1) is 31.3 Å². The highest BCUT2D eigenvalue weighted by molar-refractivity contribution is 6.32. The largest absolute Gasteiger partial charge is 0.495 e. The third kappa shape index (κ3) is 3.23. The number of carbonyl (C=O) groups is 1. The molecule has 2 unspecified atom stereocenters. The van der Waals surface area contributed by atoms with Gasteiger partial charge in [0.25, 0.3) is 0 Å². The second kappa shape index (κ2) is 6.43. The summed E-state index contributed by atoms with van der Waals surface area (Å²) in [6.45, 7) is 1.33. The van der Waals surface area contributed by atoms with Gasteiger partial charge in [0.2, 0.25) is 0 Å². The first-order valence-electron chi connectivity index (χ1n) is 6.36. The molecule has 1 fully saturated rings. The summed E-state index contributed by atoms with van der Waals surface area (Å²) in [4.78, 5) is 13.2. The standard InChI is InChI=1S/C14H18ClNO4/c1-16(12-8-20-7-10(12)14(17)18)6-9-3-4-13(19-2)11(15)5-9/h3-5,10,12H,6-8H2,1-2H3,(H,17,18). The summed E-state index contributed by atoms with van der Waals surface area (Å²) >= 11 is 6.09. The van der Waals surface area contributed by atoms with Crippen molar-refractivity contribution in [2.75, 3.05) is 27.4 Å². The zero-order chi connectivity index (χ0) is 14.7. The van der Waals surface area contributed by atoms with E-state index in [1.54, 1.807) is 7.11 Å². The van der Waals surface area contributed by atoms with Crippen molar-refractivity contribution in [3.05, 3.63) is 28.8 Å². The van der Waals surface area contributed by atoms with Crippen molar-refractivity contribution in [2.45, 2.75) is 12.6 Å². The number of aliphatic carboxylic acids is 1. The molecule has 0 aromatic heterocycles. The Kier molecular flexibility index (Phi) is 4.86. The summed E-state index contributed by atoms with van der Waals surface area (Å²) < 4.78 is 10.4. The summed E-state index contributed by atoms with van der Waals surface area (Å²) in [5, 5.41) is 9.72. The summed E-state index contributed by atoms with van der Waals surface area (Å²) in [5.74, 6) is -0.661. The van der Waals surface area contributed by atoms with Gasteiger partial charge in [0.1, 0.15) is 5.75 Å². The van der Waals surface area contributed by atoms with Crippen LogP contribution in [0.5, 0.6) is 5.75 Å². The molecule has 1 N–H and O–H groups in total. The molecule has 6 heteroatoms. The van der Waals surface area contributed by atoms with Crippen LogP contribution in [-0.2, 0) is 16.1 Å². The molecule has 1 aromatic rings. The van der Waals surface area contributed by atoms with E-state index in [-0.39, 0.29) is 12.6 Å². The van der Waals surface area contributed by atoms with Crippen LogP contribution >= 0.6 is 11.6 Å². The fourth-order valence-corrected chi connectivity index (χ4v) is 2.71. The SMILES string of the molecule is COc1ccc(CN(C)C2COCC2C(=O)O)cc1Cl. The van der Waals surface area contributed by atoms with Gasteiger partial charge >= 0.3 is 5.97 Å². The Morgan fingerprint density at radius 2 is 2.30 bits per heavy atom. The Bertz CT molecular complexity index is 494. The molecule has 0 amide bonds. The van der Waals surface area contributed by atoms with Gasteiger partial charge in [-0.05, 0) is 24.7 Å². The fraction of sp³-hybridized carbons (Fsp3) is 0.500. The van der Waals surface area contributed by atoms with Gasteiger partial charge in [-0.2, -0.15) is 0 Å². The van der Waals surface area contributed by atoms with Gasteiger partial charge < -0.3 is 14.6 Å². The molecule has 2 rings (SSSR count). The van der Waals surface area contributed by atoms with Crippen LogP contribution in [-0.4, -0.2) is 49.4 Å². The van der Waals surface area contributed by atoms with Crippen LogP contribution in [0.3, 0.4) is 0 Å². The molecule has 1 aromatic carbocycles. The van der Waals surface area contributed by atoms with Crippen molar-refractivity contribution in [2.24, 2.45) is 5.92 Å². The van der Waals surface area contributed by atoms with Crippen molar-refractivity contribution in [1.82, 2.24) is 4.90 Å². The van der Waals surface area contributed by atoms with Gasteiger partial charge in [-0.15, -0.1) is 0 Å². The molecule has 0 spiro atoms. The molecule has 1 heterocycles. The first kappa shape index (κ1) is 15.1. The number of halogens is 1. The number of carboxylic acids is 1. The second-order valence-electron chi connectivity index (χ2n) is 4.93. The highest BCUT2D eigenvalue weighted by atomic mass is 35.5. The second-order valence-corrected chi connectivity index (χ2v) is 5.34. The van der Waals surface area contributed by atoms with Crippen LogP contribution in [0.25, 0.3) is 0 Å². The number of methoxy groups -OCH3 is 1. The molecule has 0 bridgehead atoms. The number of hydrogen-bond donors (Lipinski definition) is 1. The molecule has 20 heavy (non-hydrogen) atoms. The Hall–Kier alpha value is -1.30. The van der Waals surface area contributed by atoms with Crippen LogP contribution in [0.1, 0.15) is 5.56 Å². The predicted octanol–water partition coefficient (Wildman–Crippen LogP) is 1.88. The zero-order valence-electron chi connectivity index (χ0n) is 11.5. The molecule has 1 aliphatic heterocycles. The number of rotatable bonds is 5. The number of nitrogens with zero attached hydrogens (tertiary/aromatic N) is 1. The van der Waals surface area contributed by atoms with Gasteiger partial charge in [0.15, 0.2) is 0 Å². The van der Waals surface area contributed by atoms with E-state index in [2.05, 4.69) is 0 Å². The molecule has 0 saturated carbocycles. The lowest BCUT2D eigenvalue weighted by Crippen LogP contribution is -2.40. The quantitative estimate of drug-likeness (QED) is 0.899. The minimum Gasteiger partial charge on any atom is -0.495 e. The number of ether oxygens (including phenoxy) is 2. The topological polar surface area (TPSA) is 59.0 Å². The first-order chi connectivity index (χ1) is 9.52. The lowest BCUT2D eigenvalue weighted by molar-refractivity contribution is -0.143. The molecule has 1 aliphatic rings. The molecule has 5 nitrogen and oxygen atoms in total. The van der Waals surface area contributed by atoms with E-state index < -0.39 is 11.9 Å². The number of carboxylic acid groups (broad SMARTS) is 1. The maximum atomic E-state index is 11.2. The Labute approximate surface area is 123 Å². The predicted molar refractivity (Wildman–Crippen MR) is 75.2 cm³/mol. The maximum Gasteiger partial charge on any atom is 0.310 e. The highest BCUT2D eigenvalue weighted by Crippen LogP contribution is 2.26. The van der Waals surface area contributed by atoms with E-state index in [4.69, 9.17) is 26.2 Å². The van der Waals surface area contributed by atoms with E-state index >= 15 is 0 Å². The molecular weight excluding hydrogens is 282 g/mol. The number of hydrogen-bond acceptors (Lipinski definition) is 4. The Morgan fingerprint density at radius 3 is 2.90 bits per heavy atom. The van der Waals surface area contributed by atoms with E-state index in [1.807, 2.05) is 30.1 Å². The molecule has 0 aliphatic carbocycles. The molecule has 2 atom stereocenters. The zero-order valence-corrected chi connectivity index (χ0v) is 12.3. The number of benzene rings is 1. The van der Waals surface area contributed by atoms with Gasteiger partial charge in [0, 0.05) is 12.6 Å². The summed E-state index contributed by atoms with van der Waals surface area (Å²) in [7, 11) is 3.47. The van der Waals surface area contributed by atoms with E-state index in [9.17, 15) is 4.79 Å². The van der Waals surface area contributed by atoms with Gasteiger partial charge in [-0.1, -0.05) is 17.7 Å². The molecular formula is C14H18ClNO4. The Morgan fingerprint density at radius 1 is 1.55 bits per heavy atom. The molecule has 1 saturated heterocycles. The number of likely N-dealkylation sites (N-methyl/N-ethyl adjacent to an activating group) is 1. The van der Waals surface area contributed by atoms with E-state index in [0.29, 0.717) is 23.9 Å². The molecule has 0 radical (unpaired) electrons. The monoisotopic (exact) mass is 299 g/mol. The smallest absolute Gasteiger partial charge is 0.310 e. The Balaban J connectivity index is 2.05. The van der Waals surface area contributed by atoms with Crippen LogP contribution in [0, 0.1) is 5.92 Å². The van der Waals surface area contributed by atoms with Crippen LogP contribution in [0.2, 0.25) is 5.02 Å². The summed E-state index contributed by atoms with van der Waals surface area (Å²) in [5.41, 5.74) is 1.01. The summed E-state index contributed by atoms with van der Waals surface area (Å²) in [6.07, 6.45) is 0. The van der Waals surface area contributed by atoms with Crippen LogP contribution in [0.4, 0.5) is 0 Å². The third-order valence-corrected chi connectivity index (χ3v) is 3.88. The molecule has 110 valence electrons. The average Bonchev–Trinajstić information content (AvgIpc) is 2.88. The van der Waals surface area contributed by atoms with Crippen LogP contribution in [0.15, 0.2) is 18.2 Å². The van der Waals surface area contributed by atoms with Crippen molar-refractivity contribution in [3.63, 3.8) is 0 Å². The van der Waals surface area contributed by atoms with E-state index in [0.717, 1.165) is 5.56 Å². The minimum atomic E-state index is -0.813. The lowest BCUT2D eigenvalue weighted by atomic mass is 10.0. The third-order valence-electron chi connectivity index (χ3n) is 3.58. The minimum absolute atomic E-state index is 0.117. The lowest BCUT2D eigenvalue weighted by Gasteiger charge is -2.26. The normalized spacial score (nSPS) is 22.2. The van der Waals surface area contributed by atoms with Crippen molar-refractivity contribution < 1.29 is 19.4 Å². The maximum absolute atomic E-state index is 11.2. The van der Waals surface area contributed by atoms with Crippen molar-refractivity contribution >= 4 is 17.6 Å². The van der Waals surface area contributed by atoms with Gasteiger partial charge in [-0.3, -0.25) is 9.69 Å². The first-order valence-corrected chi connectivity index (χ1v) is 6.74. The average molecular weight is 300 g/mol. The van der Waals surface area contributed by atoms with Gasteiger partial charge in [-0.25, -0.2) is 0 Å². The van der Waals surface area contributed by atoms with Crippen molar-refractivity contribution in [3.8, 4) is 5.75 Å². The van der Waals surface area contributed by atoms with E-state index in [1.165, 1.54) is 0 Å².